The van der Waals surface area contributed by atoms with Crippen LogP contribution in [0.3, 0.4) is 0 Å². The first-order valence-electron chi connectivity index (χ1n) is 11.4. The molecule has 166 valence electrons. The van der Waals surface area contributed by atoms with E-state index in [-0.39, 0.29) is 12.1 Å². The van der Waals surface area contributed by atoms with Crippen LogP contribution in [-0.4, -0.2) is 5.91 Å². The molecule has 1 aliphatic carbocycles. The summed E-state index contributed by atoms with van der Waals surface area (Å²) in [4.78, 5) is 14.4. The van der Waals surface area contributed by atoms with Crippen molar-refractivity contribution in [3.8, 4) is 5.75 Å². The summed E-state index contributed by atoms with van der Waals surface area (Å²) in [6.45, 7) is 7.51. The molecule has 0 saturated heterocycles. The van der Waals surface area contributed by atoms with Crippen molar-refractivity contribution in [3.05, 3.63) is 81.7 Å². The molecular weight excluding hydrogens is 416 g/mol. The first-order chi connectivity index (χ1) is 15.4. The van der Waals surface area contributed by atoms with Crippen LogP contribution in [0.25, 0.3) is 0 Å². The number of fused-ring (bicyclic) bond motifs is 3. The van der Waals surface area contributed by atoms with Crippen LogP contribution in [0.2, 0.25) is 0 Å². The summed E-state index contributed by atoms with van der Waals surface area (Å²) < 4.78 is 5.90. The van der Waals surface area contributed by atoms with Crippen LogP contribution >= 0.6 is 11.3 Å². The summed E-state index contributed by atoms with van der Waals surface area (Å²) in [5.74, 6) is 1.53. The second-order valence-electron chi connectivity index (χ2n) is 9.91. The zero-order valence-corrected chi connectivity index (χ0v) is 19.7. The van der Waals surface area contributed by atoms with Crippen molar-refractivity contribution in [1.29, 1.82) is 0 Å². The Hall–Kier alpha value is -2.79. The largest absolute Gasteiger partial charge is 0.489 e. The molecule has 0 unspecified atom stereocenters. The number of amides is 1. The lowest BCUT2D eigenvalue weighted by Crippen LogP contribution is -2.38. The van der Waals surface area contributed by atoms with E-state index in [0.717, 1.165) is 46.7 Å². The number of hydrogen-bond donors (Lipinski definition) is 2. The summed E-state index contributed by atoms with van der Waals surface area (Å²) in [7, 11) is 0. The Morgan fingerprint density at radius 1 is 1.03 bits per heavy atom. The smallest absolute Gasteiger partial charge is 0.256 e. The normalized spacial score (nSPS) is 20.0. The molecule has 5 rings (SSSR count). The van der Waals surface area contributed by atoms with Gasteiger partial charge in [-0.3, -0.25) is 4.79 Å². The molecular formula is C27H30N2O2S. The van der Waals surface area contributed by atoms with Gasteiger partial charge in [-0.15, -0.1) is 11.3 Å². The SMILES string of the molecule is CC(C)(C)[C@H]1CCc2c(sc3c2C(=O)N[C@H](c2ccc(OCc4ccccc4)cc2)N3)C1. The molecule has 1 amide bonds. The van der Waals surface area contributed by atoms with Crippen LogP contribution in [0, 0.1) is 11.3 Å². The van der Waals surface area contributed by atoms with Crippen molar-refractivity contribution < 1.29 is 9.53 Å². The van der Waals surface area contributed by atoms with Gasteiger partial charge in [0.15, 0.2) is 0 Å². The Morgan fingerprint density at radius 3 is 2.50 bits per heavy atom. The second-order valence-corrected chi connectivity index (χ2v) is 11.0. The molecule has 1 aliphatic heterocycles. The zero-order chi connectivity index (χ0) is 22.3. The Balaban J connectivity index is 1.30. The first-order valence-corrected chi connectivity index (χ1v) is 12.2. The lowest BCUT2D eigenvalue weighted by molar-refractivity contribution is 0.0935. The molecule has 2 aliphatic rings. The van der Waals surface area contributed by atoms with Gasteiger partial charge in [-0.05, 0) is 59.4 Å². The summed E-state index contributed by atoms with van der Waals surface area (Å²) in [6, 6.07) is 18.1. The van der Waals surface area contributed by atoms with Gasteiger partial charge < -0.3 is 15.4 Å². The predicted octanol–water partition coefficient (Wildman–Crippen LogP) is 6.33. The van der Waals surface area contributed by atoms with Crippen molar-refractivity contribution in [3.63, 3.8) is 0 Å². The van der Waals surface area contributed by atoms with Crippen molar-refractivity contribution in [2.24, 2.45) is 11.3 Å². The van der Waals surface area contributed by atoms with Gasteiger partial charge >= 0.3 is 0 Å². The van der Waals surface area contributed by atoms with Gasteiger partial charge in [-0.1, -0.05) is 63.2 Å². The molecule has 5 heteroatoms. The van der Waals surface area contributed by atoms with E-state index in [1.165, 1.54) is 10.4 Å². The van der Waals surface area contributed by atoms with E-state index in [2.05, 4.69) is 43.5 Å². The number of carbonyl (C=O) groups is 1. The molecule has 1 aromatic heterocycles. The molecule has 32 heavy (non-hydrogen) atoms. The Bertz CT molecular complexity index is 1110. The standard InChI is InChI=1S/C27H30N2O2S/c1-27(2,3)19-11-14-21-22(15-19)32-26-23(21)25(30)28-24(29-26)18-9-12-20(13-10-18)31-16-17-7-5-4-6-8-17/h4-10,12-13,19,24,29H,11,14-16H2,1-3H3,(H,28,30)/t19-,24-/m0/s1. The lowest BCUT2D eigenvalue weighted by atomic mass is 9.72. The summed E-state index contributed by atoms with van der Waals surface area (Å²) in [5.41, 5.74) is 4.59. The van der Waals surface area contributed by atoms with Crippen LogP contribution in [-0.2, 0) is 19.4 Å². The van der Waals surface area contributed by atoms with E-state index < -0.39 is 0 Å². The third-order valence-corrected chi connectivity index (χ3v) is 7.92. The number of hydrogen-bond acceptors (Lipinski definition) is 4. The molecule has 0 saturated carbocycles. The minimum Gasteiger partial charge on any atom is -0.489 e. The quantitative estimate of drug-likeness (QED) is 0.492. The summed E-state index contributed by atoms with van der Waals surface area (Å²) in [5, 5.41) is 7.75. The average Bonchev–Trinajstić information content (AvgIpc) is 3.16. The second kappa shape index (κ2) is 8.28. The molecule has 0 fully saturated rings. The average molecular weight is 447 g/mol. The van der Waals surface area contributed by atoms with E-state index in [0.29, 0.717) is 17.9 Å². The fourth-order valence-electron chi connectivity index (χ4n) is 4.70. The van der Waals surface area contributed by atoms with Gasteiger partial charge in [0.05, 0.1) is 5.56 Å². The third-order valence-electron chi connectivity index (χ3n) is 6.73. The summed E-state index contributed by atoms with van der Waals surface area (Å²) >= 11 is 1.77. The third kappa shape index (κ3) is 4.14. The number of nitrogens with one attached hydrogen (secondary N) is 2. The molecule has 2 heterocycles. The number of anilines is 1. The number of benzene rings is 2. The van der Waals surface area contributed by atoms with Crippen molar-refractivity contribution in [2.45, 2.75) is 52.8 Å². The first kappa shape index (κ1) is 21.1. The fraction of sp³-hybridized carbons (Fsp3) is 0.370. The molecule has 2 aromatic carbocycles. The van der Waals surface area contributed by atoms with Gasteiger partial charge in [0.1, 0.15) is 23.5 Å². The van der Waals surface area contributed by atoms with Crippen molar-refractivity contribution in [2.75, 3.05) is 5.32 Å². The molecule has 3 aromatic rings. The van der Waals surface area contributed by atoms with E-state index >= 15 is 0 Å². The van der Waals surface area contributed by atoms with E-state index in [1.807, 2.05) is 42.5 Å². The topological polar surface area (TPSA) is 50.4 Å². The molecule has 2 N–H and O–H groups in total. The molecule has 0 radical (unpaired) electrons. The van der Waals surface area contributed by atoms with Gasteiger partial charge in [0, 0.05) is 4.88 Å². The highest BCUT2D eigenvalue weighted by Crippen LogP contribution is 2.46. The zero-order valence-electron chi connectivity index (χ0n) is 18.9. The molecule has 0 bridgehead atoms. The van der Waals surface area contributed by atoms with Gasteiger partial charge in [0.2, 0.25) is 0 Å². The number of rotatable bonds is 4. The minimum absolute atomic E-state index is 0.0415. The van der Waals surface area contributed by atoms with Gasteiger partial charge in [-0.2, -0.15) is 0 Å². The molecule has 2 atom stereocenters. The predicted molar refractivity (Wildman–Crippen MR) is 130 cm³/mol. The lowest BCUT2D eigenvalue weighted by Gasteiger charge is -2.34. The van der Waals surface area contributed by atoms with Crippen molar-refractivity contribution in [1.82, 2.24) is 5.32 Å². The summed E-state index contributed by atoms with van der Waals surface area (Å²) in [6.07, 6.45) is 3.00. The Labute approximate surface area is 194 Å². The van der Waals surface area contributed by atoms with Gasteiger partial charge in [0.25, 0.3) is 5.91 Å². The Kier molecular flexibility index (Phi) is 5.46. The minimum atomic E-state index is -0.225. The number of ether oxygens (including phenoxy) is 1. The van der Waals surface area contributed by atoms with Gasteiger partial charge in [-0.25, -0.2) is 0 Å². The fourth-order valence-corrected chi connectivity index (χ4v) is 6.05. The van der Waals surface area contributed by atoms with Crippen LogP contribution in [0.15, 0.2) is 54.6 Å². The number of thiophene rings is 1. The maximum atomic E-state index is 13.0. The molecule has 0 spiro atoms. The van der Waals surface area contributed by atoms with Crippen LogP contribution < -0.4 is 15.4 Å². The highest BCUT2D eigenvalue weighted by Gasteiger charge is 2.36. The van der Waals surface area contributed by atoms with Crippen molar-refractivity contribution >= 4 is 22.2 Å². The highest BCUT2D eigenvalue weighted by molar-refractivity contribution is 7.16. The van der Waals surface area contributed by atoms with Crippen LogP contribution in [0.1, 0.15) is 65.3 Å². The molecule has 4 nitrogen and oxygen atoms in total. The number of carbonyl (C=O) groups excluding carboxylic acids is 1. The van der Waals surface area contributed by atoms with E-state index in [9.17, 15) is 4.79 Å². The monoisotopic (exact) mass is 446 g/mol. The highest BCUT2D eigenvalue weighted by atomic mass is 32.1. The maximum Gasteiger partial charge on any atom is 0.256 e. The van der Waals surface area contributed by atoms with E-state index in [1.54, 1.807) is 11.3 Å². The van der Waals surface area contributed by atoms with Crippen LogP contribution in [0.4, 0.5) is 5.00 Å². The van der Waals surface area contributed by atoms with Crippen LogP contribution in [0.5, 0.6) is 5.75 Å². The Morgan fingerprint density at radius 2 is 1.78 bits per heavy atom. The maximum absolute atomic E-state index is 13.0. The van der Waals surface area contributed by atoms with E-state index in [4.69, 9.17) is 4.74 Å².